The number of hydrogen-bond donors (Lipinski definition) is 1. The Labute approximate surface area is 100 Å². The molecule has 1 aliphatic heterocycles. The number of aliphatic hydroxyl groups is 1. The Balaban J connectivity index is 2.00. The van der Waals surface area contributed by atoms with Gasteiger partial charge in [-0.25, -0.2) is 0 Å². The molecule has 0 unspecified atom stereocenters. The van der Waals surface area contributed by atoms with Gasteiger partial charge in [0.1, 0.15) is 0 Å². The number of unbranched alkanes of at least 4 members (excludes halogenated alkanes) is 5. The van der Waals surface area contributed by atoms with E-state index in [9.17, 15) is 0 Å². The molecule has 0 amide bonds. The molecular formula is C14H28O2. The molecule has 0 radical (unpaired) electrons. The molecule has 2 nitrogen and oxygen atoms in total. The zero-order valence-corrected chi connectivity index (χ0v) is 10.8. The van der Waals surface area contributed by atoms with E-state index in [0.717, 1.165) is 19.6 Å². The molecule has 1 N–H and O–H groups in total. The maximum absolute atomic E-state index is 8.68. The zero-order chi connectivity index (χ0) is 11.7. The number of ether oxygens (including phenoxy) is 1. The van der Waals surface area contributed by atoms with Crippen LogP contribution in [0.2, 0.25) is 0 Å². The van der Waals surface area contributed by atoms with E-state index in [1.54, 1.807) is 0 Å². The number of aliphatic hydroxyl groups excluding tert-OH is 1. The third-order valence-corrected chi connectivity index (χ3v) is 3.74. The molecule has 0 aromatic carbocycles. The van der Waals surface area contributed by atoms with E-state index in [2.05, 4.69) is 6.92 Å². The van der Waals surface area contributed by atoms with Crippen LogP contribution in [0.25, 0.3) is 0 Å². The van der Waals surface area contributed by atoms with Crippen molar-refractivity contribution in [2.75, 3.05) is 19.8 Å². The molecule has 2 heteroatoms. The number of hydrogen-bond acceptors (Lipinski definition) is 2. The van der Waals surface area contributed by atoms with Crippen LogP contribution in [0.5, 0.6) is 0 Å². The molecule has 0 bridgehead atoms. The lowest BCUT2D eigenvalue weighted by Gasteiger charge is -2.42. The Hall–Kier alpha value is -0.0800. The van der Waals surface area contributed by atoms with Crippen molar-refractivity contribution < 1.29 is 9.84 Å². The highest BCUT2D eigenvalue weighted by Gasteiger charge is 2.36. The molecule has 0 atom stereocenters. The first-order chi connectivity index (χ1) is 7.83. The molecule has 1 fully saturated rings. The fourth-order valence-corrected chi connectivity index (χ4v) is 2.50. The molecule has 0 aliphatic carbocycles. The van der Waals surface area contributed by atoms with Gasteiger partial charge in [-0.1, -0.05) is 45.4 Å². The van der Waals surface area contributed by atoms with Crippen molar-refractivity contribution in [1.82, 2.24) is 0 Å². The summed E-state index contributed by atoms with van der Waals surface area (Å²) in [6, 6.07) is 0. The van der Waals surface area contributed by atoms with Crippen LogP contribution in [-0.4, -0.2) is 24.9 Å². The SMILES string of the molecule is CCCCC1(CCCCCCCO)COC1. The van der Waals surface area contributed by atoms with Crippen LogP contribution >= 0.6 is 0 Å². The van der Waals surface area contributed by atoms with Crippen LogP contribution in [0.1, 0.15) is 64.7 Å². The minimum Gasteiger partial charge on any atom is -0.396 e. The third kappa shape index (κ3) is 4.84. The predicted octanol–water partition coefficient (Wildman–Crippen LogP) is 3.53. The highest BCUT2D eigenvalue weighted by Crippen LogP contribution is 2.38. The van der Waals surface area contributed by atoms with Gasteiger partial charge in [-0.3, -0.25) is 0 Å². The van der Waals surface area contributed by atoms with Crippen molar-refractivity contribution >= 4 is 0 Å². The van der Waals surface area contributed by atoms with Crippen molar-refractivity contribution in [2.45, 2.75) is 64.7 Å². The van der Waals surface area contributed by atoms with Crippen molar-refractivity contribution in [3.8, 4) is 0 Å². The second-order valence-corrected chi connectivity index (χ2v) is 5.34. The Kier molecular flexibility index (Phi) is 7.06. The molecule has 16 heavy (non-hydrogen) atoms. The summed E-state index contributed by atoms with van der Waals surface area (Å²) < 4.78 is 5.40. The number of rotatable bonds is 10. The van der Waals surface area contributed by atoms with Crippen molar-refractivity contribution in [3.05, 3.63) is 0 Å². The highest BCUT2D eigenvalue weighted by molar-refractivity contribution is 4.85. The smallest absolute Gasteiger partial charge is 0.0544 e. The molecule has 1 heterocycles. The predicted molar refractivity (Wildman–Crippen MR) is 67.6 cm³/mol. The minimum atomic E-state index is 0.355. The molecule has 1 saturated heterocycles. The summed E-state index contributed by atoms with van der Waals surface area (Å²) >= 11 is 0. The Morgan fingerprint density at radius 2 is 1.56 bits per heavy atom. The van der Waals surface area contributed by atoms with E-state index in [4.69, 9.17) is 9.84 Å². The van der Waals surface area contributed by atoms with Crippen LogP contribution in [0, 0.1) is 5.41 Å². The quantitative estimate of drug-likeness (QED) is 0.580. The van der Waals surface area contributed by atoms with Gasteiger partial charge in [0.05, 0.1) is 13.2 Å². The van der Waals surface area contributed by atoms with Crippen LogP contribution in [0.15, 0.2) is 0 Å². The summed E-state index contributed by atoms with van der Waals surface area (Å²) in [7, 11) is 0. The zero-order valence-electron chi connectivity index (χ0n) is 10.8. The second kappa shape index (κ2) is 8.08. The second-order valence-electron chi connectivity index (χ2n) is 5.34. The maximum Gasteiger partial charge on any atom is 0.0544 e. The van der Waals surface area contributed by atoms with Crippen molar-refractivity contribution in [3.63, 3.8) is 0 Å². The Morgan fingerprint density at radius 3 is 2.12 bits per heavy atom. The first-order valence-corrected chi connectivity index (χ1v) is 7.01. The van der Waals surface area contributed by atoms with Crippen LogP contribution < -0.4 is 0 Å². The average Bonchev–Trinajstić information content (AvgIpc) is 2.25. The Morgan fingerprint density at radius 1 is 0.938 bits per heavy atom. The summed E-state index contributed by atoms with van der Waals surface area (Å²) in [6.45, 7) is 4.63. The summed E-state index contributed by atoms with van der Waals surface area (Å²) in [4.78, 5) is 0. The molecule has 1 rings (SSSR count). The maximum atomic E-state index is 8.68. The third-order valence-electron chi connectivity index (χ3n) is 3.74. The first-order valence-electron chi connectivity index (χ1n) is 7.01. The summed E-state index contributed by atoms with van der Waals surface area (Å²) in [6.07, 6.45) is 11.5. The summed E-state index contributed by atoms with van der Waals surface area (Å²) in [5.41, 5.74) is 0.549. The van der Waals surface area contributed by atoms with Crippen molar-refractivity contribution in [2.24, 2.45) is 5.41 Å². The van der Waals surface area contributed by atoms with Gasteiger partial charge < -0.3 is 9.84 Å². The van der Waals surface area contributed by atoms with E-state index in [1.807, 2.05) is 0 Å². The lowest BCUT2D eigenvalue weighted by molar-refractivity contribution is -0.123. The van der Waals surface area contributed by atoms with Gasteiger partial charge in [0, 0.05) is 12.0 Å². The topological polar surface area (TPSA) is 29.5 Å². The van der Waals surface area contributed by atoms with Gasteiger partial charge in [-0.15, -0.1) is 0 Å². The van der Waals surface area contributed by atoms with Gasteiger partial charge in [-0.2, -0.15) is 0 Å². The molecule has 0 spiro atoms. The highest BCUT2D eigenvalue weighted by atomic mass is 16.5. The van der Waals surface area contributed by atoms with Gasteiger partial charge in [-0.05, 0) is 19.3 Å². The van der Waals surface area contributed by atoms with Crippen LogP contribution in [0.3, 0.4) is 0 Å². The minimum absolute atomic E-state index is 0.355. The van der Waals surface area contributed by atoms with Crippen LogP contribution in [0.4, 0.5) is 0 Å². The van der Waals surface area contributed by atoms with Gasteiger partial charge in [0.2, 0.25) is 0 Å². The summed E-state index contributed by atoms with van der Waals surface area (Å²) in [5, 5.41) is 8.68. The lowest BCUT2D eigenvalue weighted by atomic mass is 9.76. The molecule has 1 aliphatic rings. The van der Waals surface area contributed by atoms with E-state index in [0.29, 0.717) is 12.0 Å². The lowest BCUT2D eigenvalue weighted by Crippen LogP contribution is -2.42. The first kappa shape index (κ1) is 14.0. The Bertz CT molecular complexity index is 164. The van der Waals surface area contributed by atoms with E-state index >= 15 is 0 Å². The van der Waals surface area contributed by atoms with E-state index in [1.165, 1.54) is 51.4 Å². The molecule has 0 saturated carbocycles. The van der Waals surface area contributed by atoms with Gasteiger partial charge >= 0.3 is 0 Å². The molecule has 96 valence electrons. The largest absolute Gasteiger partial charge is 0.396 e. The molecule has 0 aromatic heterocycles. The van der Waals surface area contributed by atoms with Gasteiger partial charge in [0.25, 0.3) is 0 Å². The molecular weight excluding hydrogens is 200 g/mol. The summed E-state index contributed by atoms with van der Waals surface area (Å²) in [5.74, 6) is 0. The average molecular weight is 228 g/mol. The monoisotopic (exact) mass is 228 g/mol. The van der Waals surface area contributed by atoms with Crippen molar-refractivity contribution in [1.29, 1.82) is 0 Å². The molecule has 0 aromatic rings. The van der Waals surface area contributed by atoms with E-state index < -0.39 is 0 Å². The van der Waals surface area contributed by atoms with Gasteiger partial charge in [0.15, 0.2) is 0 Å². The fourth-order valence-electron chi connectivity index (χ4n) is 2.50. The normalized spacial score (nSPS) is 18.4. The standard InChI is InChI=1S/C14H28O2/c1-2-3-9-14(12-16-13-14)10-7-5-4-6-8-11-15/h15H,2-13H2,1H3. The van der Waals surface area contributed by atoms with Crippen LogP contribution in [-0.2, 0) is 4.74 Å². The fraction of sp³-hybridized carbons (Fsp3) is 1.00. The van der Waals surface area contributed by atoms with E-state index in [-0.39, 0.29) is 0 Å².